The maximum absolute atomic E-state index is 12.8. The molecule has 2 fully saturated rings. The Labute approximate surface area is 160 Å². The van der Waals surface area contributed by atoms with E-state index in [9.17, 15) is 9.59 Å². The van der Waals surface area contributed by atoms with E-state index >= 15 is 0 Å². The molecule has 2 saturated heterocycles. The second-order valence-electron chi connectivity index (χ2n) is 7.80. The molecule has 1 N–H and O–H groups in total. The van der Waals surface area contributed by atoms with E-state index in [1.807, 2.05) is 18.7 Å². The molecule has 2 aliphatic rings. The van der Waals surface area contributed by atoms with Crippen LogP contribution in [0.3, 0.4) is 0 Å². The molecule has 0 spiro atoms. The highest BCUT2D eigenvalue weighted by atomic mass is 32.1. The van der Waals surface area contributed by atoms with Crippen molar-refractivity contribution >= 4 is 23.2 Å². The number of rotatable bonds is 6. The number of piperidine rings is 1. The average Bonchev–Trinajstić information content (AvgIpc) is 3.35. The molecule has 2 amide bonds. The number of hydrogen-bond donors (Lipinski definition) is 1. The lowest BCUT2D eigenvalue weighted by molar-refractivity contribution is -0.138. The topological polar surface area (TPSA) is 52.7 Å². The van der Waals surface area contributed by atoms with Gasteiger partial charge in [-0.2, -0.15) is 0 Å². The van der Waals surface area contributed by atoms with Crippen molar-refractivity contribution in [2.75, 3.05) is 32.7 Å². The maximum atomic E-state index is 12.8. The molecule has 2 atom stereocenters. The summed E-state index contributed by atoms with van der Waals surface area (Å²) in [6.07, 6.45) is 4.27. The standard InChI is InChI=1S/C20H31N3O2S/c1-15(2)20(25)23-11-5-7-16(14-23)19(24)21-13-17(18-8-6-12-26-18)22-9-3-4-10-22/h6,8,12,15-17H,3-5,7,9-11,13-14H2,1-2H3,(H,21,24)/t16-,17-/m0/s1. The summed E-state index contributed by atoms with van der Waals surface area (Å²) < 4.78 is 0. The van der Waals surface area contributed by atoms with Crippen LogP contribution in [0.15, 0.2) is 17.5 Å². The molecular weight excluding hydrogens is 346 g/mol. The third-order valence-electron chi connectivity index (χ3n) is 5.52. The van der Waals surface area contributed by atoms with Gasteiger partial charge in [-0.3, -0.25) is 14.5 Å². The zero-order valence-electron chi connectivity index (χ0n) is 15.9. The minimum absolute atomic E-state index is 0.00446. The van der Waals surface area contributed by atoms with Gasteiger partial charge in [-0.15, -0.1) is 11.3 Å². The second-order valence-corrected chi connectivity index (χ2v) is 8.78. The fourth-order valence-electron chi connectivity index (χ4n) is 4.04. The molecule has 1 aromatic rings. The highest BCUT2D eigenvalue weighted by Crippen LogP contribution is 2.28. The van der Waals surface area contributed by atoms with E-state index in [0.29, 0.717) is 13.1 Å². The molecular formula is C20H31N3O2S. The van der Waals surface area contributed by atoms with Gasteiger partial charge in [0.15, 0.2) is 0 Å². The van der Waals surface area contributed by atoms with Crippen molar-refractivity contribution in [3.05, 3.63) is 22.4 Å². The largest absolute Gasteiger partial charge is 0.354 e. The number of likely N-dealkylation sites (tertiary alicyclic amines) is 2. The fourth-order valence-corrected chi connectivity index (χ4v) is 4.90. The van der Waals surface area contributed by atoms with Gasteiger partial charge in [-0.25, -0.2) is 0 Å². The number of nitrogens with zero attached hydrogens (tertiary/aromatic N) is 2. The molecule has 0 radical (unpaired) electrons. The highest BCUT2D eigenvalue weighted by molar-refractivity contribution is 7.10. The van der Waals surface area contributed by atoms with E-state index in [2.05, 4.69) is 27.7 Å². The van der Waals surface area contributed by atoms with Gasteiger partial charge in [-0.1, -0.05) is 19.9 Å². The van der Waals surface area contributed by atoms with E-state index in [1.165, 1.54) is 17.7 Å². The van der Waals surface area contributed by atoms with Crippen LogP contribution in [0.2, 0.25) is 0 Å². The maximum Gasteiger partial charge on any atom is 0.225 e. The summed E-state index contributed by atoms with van der Waals surface area (Å²) >= 11 is 1.77. The Morgan fingerprint density at radius 2 is 2.00 bits per heavy atom. The number of nitrogens with one attached hydrogen (secondary N) is 1. The quantitative estimate of drug-likeness (QED) is 0.829. The third-order valence-corrected chi connectivity index (χ3v) is 6.49. The van der Waals surface area contributed by atoms with Gasteiger partial charge in [0.1, 0.15) is 0 Å². The van der Waals surface area contributed by atoms with Crippen LogP contribution in [-0.2, 0) is 9.59 Å². The minimum atomic E-state index is -0.0750. The zero-order chi connectivity index (χ0) is 18.5. The molecule has 6 heteroatoms. The van der Waals surface area contributed by atoms with Crippen molar-refractivity contribution in [2.45, 2.75) is 45.6 Å². The van der Waals surface area contributed by atoms with Gasteiger partial charge >= 0.3 is 0 Å². The van der Waals surface area contributed by atoms with Crippen LogP contribution < -0.4 is 5.32 Å². The molecule has 0 unspecified atom stereocenters. The molecule has 0 aliphatic carbocycles. The van der Waals surface area contributed by atoms with Gasteiger partial charge in [-0.05, 0) is 50.2 Å². The van der Waals surface area contributed by atoms with E-state index in [-0.39, 0.29) is 29.7 Å². The van der Waals surface area contributed by atoms with Gasteiger partial charge < -0.3 is 10.2 Å². The van der Waals surface area contributed by atoms with Crippen molar-refractivity contribution in [2.24, 2.45) is 11.8 Å². The number of amides is 2. The van der Waals surface area contributed by atoms with E-state index < -0.39 is 0 Å². The summed E-state index contributed by atoms with van der Waals surface area (Å²) in [6.45, 7) is 8.08. The lowest BCUT2D eigenvalue weighted by Crippen LogP contribution is -2.47. The van der Waals surface area contributed by atoms with Crippen molar-refractivity contribution in [1.29, 1.82) is 0 Å². The van der Waals surface area contributed by atoms with E-state index in [1.54, 1.807) is 11.3 Å². The lowest BCUT2D eigenvalue weighted by atomic mass is 9.96. The molecule has 0 saturated carbocycles. The number of carbonyl (C=O) groups is 2. The predicted octanol–water partition coefficient (Wildman–Crippen LogP) is 2.90. The van der Waals surface area contributed by atoms with Gasteiger partial charge in [0.25, 0.3) is 0 Å². The van der Waals surface area contributed by atoms with Gasteiger partial charge in [0, 0.05) is 30.4 Å². The molecule has 0 bridgehead atoms. The Hall–Kier alpha value is -1.40. The normalized spacial score (nSPS) is 22.6. The van der Waals surface area contributed by atoms with Crippen molar-refractivity contribution in [3.63, 3.8) is 0 Å². The summed E-state index contributed by atoms with van der Waals surface area (Å²) in [6, 6.07) is 4.53. The Bertz CT molecular complexity index is 596. The Kier molecular flexibility index (Phi) is 6.70. The van der Waals surface area contributed by atoms with E-state index in [4.69, 9.17) is 0 Å². The van der Waals surface area contributed by atoms with Crippen LogP contribution >= 0.6 is 11.3 Å². The van der Waals surface area contributed by atoms with Crippen molar-refractivity contribution in [1.82, 2.24) is 15.1 Å². The minimum Gasteiger partial charge on any atom is -0.354 e. The zero-order valence-corrected chi connectivity index (χ0v) is 16.8. The summed E-state index contributed by atoms with van der Waals surface area (Å²) in [7, 11) is 0. The van der Waals surface area contributed by atoms with Crippen LogP contribution in [-0.4, -0.2) is 54.3 Å². The van der Waals surface area contributed by atoms with Crippen LogP contribution in [0.1, 0.15) is 50.4 Å². The molecule has 26 heavy (non-hydrogen) atoms. The first-order valence-corrected chi connectivity index (χ1v) is 10.8. The lowest BCUT2D eigenvalue weighted by Gasteiger charge is -2.34. The molecule has 144 valence electrons. The van der Waals surface area contributed by atoms with E-state index in [0.717, 1.165) is 32.5 Å². The first-order valence-electron chi connectivity index (χ1n) is 9.90. The molecule has 3 heterocycles. The number of hydrogen-bond acceptors (Lipinski definition) is 4. The number of thiophene rings is 1. The Morgan fingerprint density at radius 3 is 2.65 bits per heavy atom. The fraction of sp³-hybridized carbons (Fsp3) is 0.700. The van der Waals surface area contributed by atoms with Crippen molar-refractivity contribution in [3.8, 4) is 0 Å². The summed E-state index contributed by atoms with van der Waals surface area (Å²) in [4.78, 5) is 30.7. The third kappa shape index (κ3) is 4.65. The smallest absolute Gasteiger partial charge is 0.225 e. The number of carbonyl (C=O) groups excluding carboxylic acids is 2. The Morgan fingerprint density at radius 1 is 1.23 bits per heavy atom. The first kappa shape index (κ1) is 19.4. The van der Waals surface area contributed by atoms with Crippen LogP contribution in [0.4, 0.5) is 0 Å². The predicted molar refractivity (Wildman–Crippen MR) is 105 cm³/mol. The summed E-state index contributed by atoms with van der Waals surface area (Å²) in [5, 5.41) is 5.30. The SMILES string of the molecule is CC(C)C(=O)N1CCC[C@H](C(=O)NC[C@@H](c2cccs2)N2CCCC2)C1. The second kappa shape index (κ2) is 9.00. The average molecular weight is 378 g/mol. The highest BCUT2D eigenvalue weighted by Gasteiger charge is 2.30. The molecule has 3 rings (SSSR count). The van der Waals surface area contributed by atoms with Crippen molar-refractivity contribution < 1.29 is 9.59 Å². The van der Waals surface area contributed by atoms with Crippen LogP contribution in [0.5, 0.6) is 0 Å². The van der Waals surface area contributed by atoms with Crippen LogP contribution in [0.25, 0.3) is 0 Å². The first-order chi connectivity index (χ1) is 12.6. The molecule has 5 nitrogen and oxygen atoms in total. The summed E-state index contributed by atoms with van der Waals surface area (Å²) in [5.74, 6) is 0.187. The summed E-state index contributed by atoms with van der Waals surface area (Å²) in [5.41, 5.74) is 0. The molecule has 2 aliphatic heterocycles. The molecule has 0 aromatic carbocycles. The monoisotopic (exact) mass is 377 g/mol. The molecule has 1 aromatic heterocycles. The Balaban J connectivity index is 1.57. The van der Waals surface area contributed by atoms with Gasteiger partial charge in [0.05, 0.1) is 12.0 Å². The van der Waals surface area contributed by atoms with Gasteiger partial charge in [0.2, 0.25) is 11.8 Å². The van der Waals surface area contributed by atoms with Crippen LogP contribution in [0, 0.1) is 11.8 Å².